The van der Waals surface area contributed by atoms with Gasteiger partial charge in [-0.2, -0.15) is 16.8 Å². The molecule has 16 heavy (non-hydrogen) atoms. The number of hydrogen-bond donors (Lipinski definition) is 3. The van der Waals surface area contributed by atoms with Crippen LogP contribution in [0.4, 0.5) is 0 Å². The average molecular weight is 279 g/mol. The highest BCUT2D eigenvalue weighted by molar-refractivity contribution is 7.81. The quantitative estimate of drug-likeness (QED) is 0.459. The Balaban J connectivity index is 4.93. The third-order valence-corrected chi connectivity index (χ3v) is 2.29. The van der Waals surface area contributed by atoms with E-state index in [1.807, 2.05) is 0 Å². The standard InChI is InChI=1S/C4H9NO9S2/c1-4(3(5)6,14-16(10,11)12)2-13-15(7,8)9/h2H2,1H3,(H2,5,6)(H,7,8,9)(H,10,11,12). The predicted molar refractivity (Wildman–Crippen MR) is 47.7 cm³/mol. The van der Waals surface area contributed by atoms with E-state index < -0.39 is 38.9 Å². The number of primary amides is 1. The average Bonchev–Trinajstić information content (AvgIpc) is 1.96. The lowest BCUT2D eigenvalue weighted by Crippen LogP contribution is -2.49. The molecule has 0 saturated heterocycles. The molecule has 0 aliphatic carbocycles. The first-order chi connectivity index (χ1) is 6.86. The van der Waals surface area contributed by atoms with Gasteiger partial charge in [0.25, 0.3) is 5.91 Å². The van der Waals surface area contributed by atoms with Gasteiger partial charge in [0.2, 0.25) is 0 Å². The summed E-state index contributed by atoms with van der Waals surface area (Å²) in [6.07, 6.45) is 0. The third kappa shape index (κ3) is 5.94. The van der Waals surface area contributed by atoms with Crippen molar-refractivity contribution in [2.75, 3.05) is 6.61 Å². The topological polar surface area (TPSA) is 170 Å². The fraction of sp³-hybridized carbons (Fsp3) is 0.750. The monoisotopic (exact) mass is 279 g/mol. The van der Waals surface area contributed by atoms with Crippen molar-refractivity contribution >= 4 is 26.7 Å². The molecule has 0 radical (unpaired) electrons. The Morgan fingerprint density at radius 2 is 1.69 bits per heavy atom. The molecule has 0 aromatic heterocycles. The van der Waals surface area contributed by atoms with Gasteiger partial charge in [0.15, 0.2) is 5.60 Å². The van der Waals surface area contributed by atoms with E-state index in [9.17, 15) is 21.6 Å². The molecule has 0 heterocycles. The zero-order valence-corrected chi connectivity index (χ0v) is 9.49. The van der Waals surface area contributed by atoms with Crippen molar-refractivity contribution < 1.29 is 39.1 Å². The van der Waals surface area contributed by atoms with Gasteiger partial charge < -0.3 is 5.73 Å². The van der Waals surface area contributed by atoms with Gasteiger partial charge in [0, 0.05) is 0 Å². The summed E-state index contributed by atoms with van der Waals surface area (Å²) in [5.74, 6) is -1.42. The number of carbonyl (C=O) groups is 1. The predicted octanol–water partition coefficient (Wildman–Crippen LogP) is -2.13. The maximum absolute atomic E-state index is 10.8. The largest absolute Gasteiger partial charge is 0.398 e. The summed E-state index contributed by atoms with van der Waals surface area (Å²) in [6.45, 7) is -0.477. The van der Waals surface area contributed by atoms with Gasteiger partial charge in [-0.3, -0.25) is 13.9 Å². The van der Waals surface area contributed by atoms with E-state index in [2.05, 4.69) is 8.37 Å². The molecule has 1 unspecified atom stereocenters. The molecule has 96 valence electrons. The van der Waals surface area contributed by atoms with Crippen LogP contribution in [0.1, 0.15) is 6.92 Å². The molecule has 4 N–H and O–H groups in total. The summed E-state index contributed by atoms with van der Waals surface area (Å²) < 4.78 is 65.1. The lowest BCUT2D eigenvalue weighted by Gasteiger charge is -2.22. The van der Waals surface area contributed by atoms with Crippen LogP contribution in [0.5, 0.6) is 0 Å². The van der Waals surface area contributed by atoms with Crippen LogP contribution in [0, 0.1) is 0 Å². The Morgan fingerprint density at radius 3 is 1.94 bits per heavy atom. The minimum atomic E-state index is -5.05. The van der Waals surface area contributed by atoms with Gasteiger partial charge in [-0.1, -0.05) is 0 Å². The van der Waals surface area contributed by atoms with E-state index in [-0.39, 0.29) is 0 Å². The van der Waals surface area contributed by atoms with Crippen LogP contribution in [0.15, 0.2) is 0 Å². The van der Waals surface area contributed by atoms with E-state index in [1.54, 1.807) is 0 Å². The highest BCUT2D eigenvalue weighted by Crippen LogP contribution is 2.14. The van der Waals surface area contributed by atoms with Gasteiger partial charge >= 0.3 is 20.8 Å². The van der Waals surface area contributed by atoms with Crippen molar-refractivity contribution in [3.05, 3.63) is 0 Å². The van der Waals surface area contributed by atoms with Crippen molar-refractivity contribution in [1.29, 1.82) is 0 Å². The van der Waals surface area contributed by atoms with Crippen molar-refractivity contribution in [1.82, 2.24) is 0 Å². The lowest BCUT2D eigenvalue weighted by molar-refractivity contribution is -0.134. The normalized spacial score (nSPS) is 16.7. The zero-order valence-electron chi connectivity index (χ0n) is 7.85. The molecule has 0 aromatic carbocycles. The minimum Gasteiger partial charge on any atom is -0.367 e. The van der Waals surface area contributed by atoms with Crippen molar-refractivity contribution in [3.63, 3.8) is 0 Å². The molecule has 0 aromatic rings. The Labute approximate surface area is 91.2 Å². The number of amides is 1. The van der Waals surface area contributed by atoms with Crippen LogP contribution in [0.25, 0.3) is 0 Å². The second kappa shape index (κ2) is 4.60. The summed E-state index contributed by atoms with van der Waals surface area (Å²) in [4.78, 5) is 10.8. The molecule has 0 spiro atoms. The summed E-state index contributed by atoms with van der Waals surface area (Å²) in [5, 5.41) is 0. The van der Waals surface area contributed by atoms with Gasteiger partial charge in [-0.25, -0.2) is 8.37 Å². The molecule has 10 nitrogen and oxygen atoms in total. The molecule has 0 saturated carbocycles. The Bertz CT molecular complexity index is 464. The fourth-order valence-corrected chi connectivity index (χ4v) is 1.52. The molecule has 0 aliphatic rings. The minimum absolute atomic E-state index is 0.744. The summed E-state index contributed by atoms with van der Waals surface area (Å²) >= 11 is 0. The van der Waals surface area contributed by atoms with Crippen LogP contribution >= 0.6 is 0 Å². The van der Waals surface area contributed by atoms with Crippen LogP contribution in [-0.2, 0) is 34.0 Å². The Hall–Kier alpha value is -0.790. The highest BCUT2D eigenvalue weighted by Gasteiger charge is 2.39. The van der Waals surface area contributed by atoms with E-state index in [0.29, 0.717) is 0 Å². The first-order valence-corrected chi connectivity index (χ1v) is 6.18. The second-order valence-corrected chi connectivity index (χ2v) is 4.91. The van der Waals surface area contributed by atoms with Gasteiger partial charge in [-0.05, 0) is 6.92 Å². The maximum Gasteiger partial charge on any atom is 0.398 e. The van der Waals surface area contributed by atoms with Crippen LogP contribution < -0.4 is 5.73 Å². The smallest absolute Gasteiger partial charge is 0.367 e. The Morgan fingerprint density at radius 1 is 1.25 bits per heavy atom. The Kier molecular flexibility index (Phi) is 4.38. The van der Waals surface area contributed by atoms with Crippen molar-refractivity contribution in [3.8, 4) is 0 Å². The first-order valence-electron chi connectivity index (χ1n) is 3.45. The fourth-order valence-electron chi connectivity index (χ4n) is 0.556. The lowest BCUT2D eigenvalue weighted by atomic mass is 10.1. The summed E-state index contributed by atoms with van der Waals surface area (Å²) in [5.41, 5.74) is 2.24. The molecular formula is C4H9NO9S2. The number of hydrogen-bond acceptors (Lipinski definition) is 7. The zero-order chi connectivity index (χ0) is 13.2. The third-order valence-electron chi connectivity index (χ3n) is 1.29. The molecule has 12 heteroatoms. The molecule has 0 fully saturated rings. The van der Waals surface area contributed by atoms with Crippen LogP contribution in [0.3, 0.4) is 0 Å². The van der Waals surface area contributed by atoms with Gasteiger partial charge in [-0.15, -0.1) is 0 Å². The SMILES string of the molecule is CC(COS(=O)(=O)O)(OS(=O)(=O)O)C(N)=O. The van der Waals surface area contributed by atoms with Crippen molar-refractivity contribution in [2.45, 2.75) is 12.5 Å². The van der Waals surface area contributed by atoms with E-state index in [4.69, 9.17) is 14.8 Å². The number of nitrogens with two attached hydrogens (primary N) is 1. The molecule has 1 amide bonds. The summed E-state index contributed by atoms with van der Waals surface area (Å²) in [6, 6.07) is 0. The van der Waals surface area contributed by atoms with E-state index >= 15 is 0 Å². The maximum atomic E-state index is 10.8. The van der Waals surface area contributed by atoms with Gasteiger partial charge in [0.05, 0.1) is 0 Å². The first kappa shape index (κ1) is 15.2. The second-order valence-electron chi connectivity index (χ2n) is 2.80. The highest BCUT2D eigenvalue weighted by atomic mass is 32.3. The molecule has 1 atom stereocenters. The van der Waals surface area contributed by atoms with E-state index in [0.717, 1.165) is 6.92 Å². The van der Waals surface area contributed by atoms with Gasteiger partial charge in [0.1, 0.15) is 6.61 Å². The molecular weight excluding hydrogens is 270 g/mol. The van der Waals surface area contributed by atoms with Crippen LogP contribution in [-0.4, -0.2) is 44.1 Å². The summed E-state index contributed by atoms with van der Waals surface area (Å²) in [7, 11) is -9.96. The van der Waals surface area contributed by atoms with Crippen LogP contribution in [0.2, 0.25) is 0 Å². The molecule has 0 bridgehead atoms. The molecule has 0 rings (SSSR count). The number of carbonyl (C=O) groups excluding carboxylic acids is 1. The van der Waals surface area contributed by atoms with Crippen molar-refractivity contribution in [2.24, 2.45) is 5.73 Å². The molecule has 0 aliphatic heterocycles. The van der Waals surface area contributed by atoms with E-state index in [1.165, 1.54) is 0 Å². The number of rotatable bonds is 6.